The van der Waals surface area contributed by atoms with Crippen molar-refractivity contribution in [2.75, 3.05) is 47.5 Å². The first-order valence-electron chi connectivity index (χ1n) is 24.9. The van der Waals surface area contributed by atoms with Crippen LogP contribution in [-0.4, -0.2) is 74.9 Å². The molecule has 0 saturated heterocycles. The molecule has 9 nitrogen and oxygen atoms in total. The Morgan fingerprint density at radius 3 is 1.27 bits per heavy atom. The Bertz CT molecular complexity index is 1020. The Morgan fingerprint density at radius 2 is 0.864 bits per heavy atom. The summed E-state index contributed by atoms with van der Waals surface area (Å²) < 4.78 is 34.4. The largest absolute Gasteiger partial charge is 0.472 e. The molecule has 0 aliphatic carbocycles. The lowest BCUT2D eigenvalue weighted by Gasteiger charge is -2.24. The normalized spacial score (nSPS) is 13.5. The maximum atomic E-state index is 12.7. The van der Waals surface area contributed by atoms with Crippen molar-refractivity contribution < 1.29 is 42.1 Å². The lowest BCUT2D eigenvalue weighted by Crippen LogP contribution is -2.37. The highest BCUT2D eigenvalue weighted by atomic mass is 31.2. The maximum absolute atomic E-state index is 12.7. The van der Waals surface area contributed by atoms with Gasteiger partial charge >= 0.3 is 19.8 Å². The molecule has 0 bridgehead atoms. The monoisotopic (exact) mass is 859 g/mol. The van der Waals surface area contributed by atoms with Crippen molar-refractivity contribution >= 4 is 19.8 Å². The lowest BCUT2D eigenvalue weighted by molar-refractivity contribution is -0.870. The second-order valence-corrected chi connectivity index (χ2v) is 19.7. The van der Waals surface area contributed by atoms with Gasteiger partial charge in [0, 0.05) is 12.8 Å². The van der Waals surface area contributed by atoms with Crippen LogP contribution in [0, 0.1) is 0 Å². The first-order chi connectivity index (χ1) is 28.5. The van der Waals surface area contributed by atoms with Crippen molar-refractivity contribution in [3.05, 3.63) is 12.2 Å². The minimum Gasteiger partial charge on any atom is -0.462 e. The van der Waals surface area contributed by atoms with Crippen molar-refractivity contribution in [2.24, 2.45) is 0 Å². The summed E-state index contributed by atoms with van der Waals surface area (Å²) in [5, 5.41) is 0. The van der Waals surface area contributed by atoms with Gasteiger partial charge in [-0.15, -0.1) is 0 Å². The number of carbonyl (C=O) groups excluding carboxylic acids is 2. The molecule has 0 aliphatic heterocycles. The molecule has 0 aromatic heterocycles. The van der Waals surface area contributed by atoms with Crippen LogP contribution in [0.15, 0.2) is 12.2 Å². The van der Waals surface area contributed by atoms with Crippen LogP contribution in [0.1, 0.15) is 239 Å². The van der Waals surface area contributed by atoms with Crippen LogP contribution >= 0.6 is 7.82 Å². The molecular weight excluding hydrogens is 762 g/mol. The molecule has 0 amide bonds. The first-order valence-corrected chi connectivity index (χ1v) is 26.4. The Hall–Kier alpha value is -1.25. The number of rotatable bonds is 46. The first kappa shape index (κ1) is 57.8. The summed E-state index contributed by atoms with van der Waals surface area (Å²) in [7, 11) is 1.49. The van der Waals surface area contributed by atoms with E-state index < -0.39 is 26.5 Å². The quantitative estimate of drug-likeness (QED) is 0.0212. The second-order valence-electron chi connectivity index (χ2n) is 18.2. The number of esters is 2. The molecule has 1 N–H and O–H groups in total. The molecule has 0 rings (SSSR count). The number of phosphoric ester groups is 1. The summed E-state index contributed by atoms with van der Waals surface area (Å²) in [6.45, 7) is 4.46. The van der Waals surface area contributed by atoms with E-state index in [1.807, 2.05) is 21.1 Å². The van der Waals surface area contributed by atoms with Gasteiger partial charge in [-0.1, -0.05) is 199 Å². The Morgan fingerprint density at radius 1 is 0.508 bits per heavy atom. The van der Waals surface area contributed by atoms with E-state index in [4.69, 9.17) is 18.5 Å². The molecular formula is C49H97NO8P+. The summed E-state index contributed by atoms with van der Waals surface area (Å²) >= 11 is 0. The fraction of sp³-hybridized carbons (Fsp3) is 0.918. The fourth-order valence-corrected chi connectivity index (χ4v) is 7.87. The molecule has 59 heavy (non-hydrogen) atoms. The Kier molecular flexibility index (Phi) is 41.2. The van der Waals surface area contributed by atoms with Crippen LogP contribution in [0.25, 0.3) is 0 Å². The topological polar surface area (TPSA) is 108 Å². The molecule has 10 heteroatoms. The molecule has 0 aromatic carbocycles. The highest BCUT2D eigenvalue weighted by molar-refractivity contribution is 7.47. The number of ether oxygens (including phenoxy) is 2. The van der Waals surface area contributed by atoms with E-state index in [9.17, 15) is 19.0 Å². The van der Waals surface area contributed by atoms with Crippen LogP contribution in [0.5, 0.6) is 0 Å². The van der Waals surface area contributed by atoms with Gasteiger partial charge in [0.15, 0.2) is 6.10 Å². The summed E-state index contributed by atoms with van der Waals surface area (Å²) in [6.07, 6.45) is 45.4. The predicted octanol–water partition coefficient (Wildman–Crippen LogP) is 14.5. The van der Waals surface area contributed by atoms with E-state index in [0.717, 1.165) is 32.1 Å². The summed E-state index contributed by atoms with van der Waals surface area (Å²) in [6, 6.07) is 0. The number of nitrogens with zero attached hydrogens (tertiary/aromatic N) is 1. The molecule has 0 heterocycles. The number of hydrogen-bond acceptors (Lipinski definition) is 7. The third-order valence-electron chi connectivity index (χ3n) is 11.0. The van der Waals surface area contributed by atoms with E-state index in [1.165, 1.54) is 173 Å². The van der Waals surface area contributed by atoms with Crippen LogP contribution in [-0.2, 0) is 32.7 Å². The van der Waals surface area contributed by atoms with Gasteiger partial charge in [0.2, 0.25) is 0 Å². The summed E-state index contributed by atoms with van der Waals surface area (Å²) in [5.41, 5.74) is 0. The van der Waals surface area contributed by atoms with Crippen molar-refractivity contribution in [3.63, 3.8) is 0 Å². The number of likely N-dealkylation sites (N-methyl/N-ethyl adjacent to an activating group) is 1. The van der Waals surface area contributed by atoms with Crippen LogP contribution in [0.3, 0.4) is 0 Å². The molecule has 2 atom stereocenters. The zero-order valence-electron chi connectivity index (χ0n) is 39.5. The minimum atomic E-state index is -4.37. The van der Waals surface area contributed by atoms with E-state index in [0.29, 0.717) is 23.9 Å². The smallest absolute Gasteiger partial charge is 0.462 e. The van der Waals surface area contributed by atoms with Gasteiger partial charge in [0.25, 0.3) is 0 Å². The van der Waals surface area contributed by atoms with Gasteiger partial charge in [-0.2, -0.15) is 0 Å². The number of carbonyl (C=O) groups is 2. The van der Waals surface area contributed by atoms with Crippen molar-refractivity contribution in [1.29, 1.82) is 0 Å². The Balaban J connectivity index is 4.24. The number of unbranched alkanes of at least 4 members (excludes halogenated alkanes) is 30. The SMILES string of the molecule is CCCCCC/C=C/CCCCCCCCCCCC(=O)OC[C@H](COP(=O)(O)OCC[N+](C)(C)C)OC(=O)CCCCCCCCCCCCCCCCCCCC. The van der Waals surface area contributed by atoms with E-state index in [1.54, 1.807) is 0 Å². The van der Waals surface area contributed by atoms with Gasteiger partial charge < -0.3 is 18.9 Å². The van der Waals surface area contributed by atoms with Gasteiger partial charge in [-0.25, -0.2) is 4.57 Å². The van der Waals surface area contributed by atoms with Gasteiger partial charge in [0.05, 0.1) is 27.7 Å². The van der Waals surface area contributed by atoms with Crippen molar-refractivity contribution in [1.82, 2.24) is 0 Å². The van der Waals surface area contributed by atoms with Gasteiger partial charge in [0.1, 0.15) is 19.8 Å². The molecule has 0 spiro atoms. The van der Waals surface area contributed by atoms with E-state index in [-0.39, 0.29) is 25.6 Å². The molecule has 0 aliphatic rings. The zero-order chi connectivity index (χ0) is 43.6. The second kappa shape index (κ2) is 42.1. The average molecular weight is 859 g/mol. The van der Waals surface area contributed by atoms with Crippen LogP contribution < -0.4 is 0 Å². The van der Waals surface area contributed by atoms with Crippen LogP contribution in [0.2, 0.25) is 0 Å². The lowest BCUT2D eigenvalue weighted by atomic mass is 10.0. The molecule has 1 unspecified atom stereocenters. The van der Waals surface area contributed by atoms with E-state index in [2.05, 4.69) is 26.0 Å². The average Bonchev–Trinajstić information content (AvgIpc) is 3.19. The molecule has 0 radical (unpaired) electrons. The fourth-order valence-electron chi connectivity index (χ4n) is 7.13. The highest BCUT2D eigenvalue weighted by Crippen LogP contribution is 2.43. The summed E-state index contributed by atoms with van der Waals surface area (Å²) in [5.74, 6) is -0.786. The third kappa shape index (κ3) is 46.1. The molecule has 350 valence electrons. The molecule has 0 saturated carbocycles. The third-order valence-corrected chi connectivity index (χ3v) is 12.0. The van der Waals surface area contributed by atoms with Gasteiger partial charge in [-0.3, -0.25) is 18.6 Å². The highest BCUT2D eigenvalue weighted by Gasteiger charge is 2.27. The molecule has 0 aromatic rings. The number of allylic oxidation sites excluding steroid dienone is 2. The van der Waals surface area contributed by atoms with Gasteiger partial charge in [-0.05, 0) is 38.5 Å². The molecule has 0 fully saturated rings. The number of hydrogen-bond donors (Lipinski definition) is 1. The summed E-state index contributed by atoms with van der Waals surface area (Å²) in [4.78, 5) is 35.5. The maximum Gasteiger partial charge on any atom is 0.472 e. The zero-order valence-corrected chi connectivity index (χ0v) is 40.4. The van der Waals surface area contributed by atoms with Crippen molar-refractivity contribution in [2.45, 2.75) is 245 Å². The van der Waals surface area contributed by atoms with Crippen molar-refractivity contribution in [3.8, 4) is 0 Å². The van der Waals surface area contributed by atoms with E-state index >= 15 is 0 Å². The predicted molar refractivity (Wildman–Crippen MR) is 248 cm³/mol. The minimum absolute atomic E-state index is 0.0350. The number of phosphoric acid groups is 1. The number of quaternary nitrogens is 1. The standard InChI is InChI=1S/C49H96NO8P/c1-6-8-10-12-14-16-18-20-22-24-26-28-30-32-34-36-38-40-42-49(52)58-47(46-57-59(53,54)56-44-43-50(3,4)5)45-55-48(51)41-39-37-35-33-31-29-27-25-23-21-19-17-15-13-11-9-7-2/h17,19,47H,6-16,18,20-46H2,1-5H3/p+1/b19-17+/t47-/m1/s1. The Labute approximate surface area is 365 Å². The van der Waals surface area contributed by atoms with Crippen LogP contribution in [0.4, 0.5) is 0 Å².